The third kappa shape index (κ3) is 1.71. The maximum absolute atomic E-state index is 10.6. The highest BCUT2D eigenvalue weighted by Gasteiger charge is 2.09. The summed E-state index contributed by atoms with van der Waals surface area (Å²) in [6.07, 6.45) is 2.42. The van der Waals surface area contributed by atoms with Crippen LogP contribution in [0.3, 0.4) is 0 Å². The summed E-state index contributed by atoms with van der Waals surface area (Å²) in [6.45, 7) is 5.94. The number of imidazole rings is 1. The van der Waals surface area contributed by atoms with Gasteiger partial charge in [0.1, 0.15) is 5.69 Å². The molecule has 0 fully saturated rings. The van der Waals surface area contributed by atoms with Crippen molar-refractivity contribution in [2.75, 3.05) is 18.0 Å². The lowest BCUT2D eigenvalue weighted by atomic mass is 10.5. The van der Waals surface area contributed by atoms with Gasteiger partial charge in [0.05, 0.1) is 6.20 Å². The lowest BCUT2D eigenvalue weighted by Crippen LogP contribution is -2.25. The molecule has 1 aromatic rings. The minimum atomic E-state index is 0.613. The van der Waals surface area contributed by atoms with Crippen LogP contribution in [-0.4, -0.2) is 28.9 Å². The molecule has 0 spiro atoms. The molecule has 0 saturated heterocycles. The van der Waals surface area contributed by atoms with Gasteiger partial charge in [-0.2, -0.15) is 0 Å². The van der Waals surface area contributed by atoms with E-state index in [2.05, 4.69) is 23.7 Å². The Hall–Kier alpha value is -1.32. The van der Waals surface area contributed by atoms with E-state index in [0.717, 1.165) is 25.3 Å². The molecule has 0 saturated carbocycles. The Balaban J connectivity index is 3.00. The minimum absolute atomic E-state index is 0.613. The average molecular weight is 181 g/mol. The molecule has 0 aromatic carbocycles. The fraction of sp³-hybridized carbons (Fsp3) is 0.556. The molecule has 72 valence electrons. The van der Waals surface area contributed by atoms with Gasteiger partial charge in [0.15, 0.2) is 6.29 Å². The van der Waals surface area contributed by atoms with Crippen LogP contribution in [0.4, 0.5) is 5.95 Å². The van der Waals surface area contributed by atoms with Crippen LogP contribution in [-0.2, 0) is 7.05 Å². The maximum Gasteiger partial charge on any atom is 0.205 e. The van der Waals surface area contributed by atoms with Crippen molar-refractivity contribution in [2.24, 2.45) is 7.05 Å². The molecular formula is C9H15N3O. The monoisotopic (exact) mass is 181 g/mol. The maximum atomic E-state index is 10.6. The molecule has 1 rings (SSSR count). The van der Waals surface area contributed by atoms with E-state index in [0.29, 0.717) is 5.69 Å². The number of hydrogen-bond acceptors (Lipinski definition) is 3. The summed E-state index contributed by atoms with van der Waals surface area (Å²) in [4.78, 5) is 16.9. The van der Waals surface area contributed by atoms with Crippen LogP contribution in [0.5, 0.6) is 0 Å². The molecule has 0 radical (unpaired) electrons. The van der Waals surface area contributed by atoms with Gasteiger partial charge in [-0.25, -0.2) is 4.98 Å². The summed E-state index contributed by atoms with van der Waals surface area (Å²) in [5, 5.41) is 0. The van der Waals surface area contributed by atoms with Crippen LogP contribution in [0.2, 0.25) is 0 Å². The summed E-state index contributed by atoms with van der Waals surface area (Å²) >= 11 is 0. The molecule has 4 nitrogen and oxygen atoms in total. The zero-order valence-corrected chi connectivity index (χ0v) is 8.32. The van der Waals surface area contributed by atoms with Gasteiger partial charge in [0.25, 0.3) is 0 Å². The van der Waals surface area contributed by atoms with E-state index in [1.54, 1.807) is 10.8 Å². The molecule has 0 unspecified atom stereocenters. The molecule has 13 heavy (non-hydrogen) atoms. The molecule has 0 atom stereocenters. The summed E-state index contributed by atoms with van der Waals surface area (Å²) in [7, 11) is 1.85. The van der Waals surface area contributed by atoms with E-state index in [9.17, 15) is 4.79 Å². The van der Waals surface area contributed by atoms with E-state index < -0.39 is 0 Å². The van der Waals surface area contributed by atoms with Crippen molar-refractivity contribution in [2.45, 2.75) is 13.8 Å². The first kappa shape index (κ1) is 9.77. The van der Waals surface area contributed by atoms with Crippen molar-refractivity contribution in [3.8, 4) is 0 Å². The highest BCUT2D eigenvalue weighted by atomic mass is 16.1. The molecule has 4 heteroatoms. The Morgan fingerprint density at radius 1 is 1.54 bits per heavy atom. The topological polar surface area (TPSA) is 38.1 Å². The van der Waals surface area contributed by atoms with Crippen molar-refractivity contribution in [1.29, 1.82) is 0 Å². The van der Waals surface area contributed by atoms with Crippen molar-refractivity contribution in [3.05, 3.63) is 11.9 Å². The molecule has 0 amide bonds. The quantitative estimate of drug-likeness (QED) is 0.652. The second-order valence-electron chi connectivity index (χ2n) is 2.83. The number of aldehydes is 1. The van der Waals surface area contributed by atoms with Crippen molar-refractivity contribution < 1.29 is 4.79 Å². The molecule has 0 aliphatic carbocycles. The third-order valence-electron chi connectivity index (χ3n) is 2.17. The fourth-order valence-corrected chi connectivity index (χ4v) is 1.32. The van der Waals surface area contributed by atoms with Crippen LogP contribution < -0.4 is 4.90 Å². The molecule has 0 aliphatic heterocycles. The zero-order chi connectivity index (χ0) is 9.84. The Bertz CT molecular complexity index is 289. The van der Waals surface area contributed by atoms with Crippen LogP contribution in [0.25, 0.3) is 0 Å². The summed E-state index contributed by atoms with van der Waals surface area (Å²) in [5.74, 6) is 0.854. The molecule has 1 heterocycles. The summed E-state index contributed by atoms with van der Waals surface area (Å²) < 4.78 is 1.81. The smallest absolute Gasteiger partial charge is 0.205 e. The van der Waals surface area contributed by atoms with Crippen LogP contribution in [0.15, 0.2) is 6.20 Å². The van der Waals surface area contributed by atoms with Gasteiger partial charge in [-0.1, -0.05) is 0 Å². The first-order valence-electron chi connectivity index (χ1n) is 4.46. The lowest BCUT2D eigenvalue weighted by molar-refractivity contribution is 0.111. The molecule has 0 N–H and O–H groups in total. The largest absolute Gasteiger partial charge is 0.343 e. The van der Waals surface area contributed by atoms with E-state index in [4.69, 9.17) is 0 Å². The van der Waals surface area contributed by atoms with E-state index in [1.165, 1.54) is 0 Å². The summed E-state index contributed by atoms with van der Waals surface area (Å²) in [6, 6.07) is 0. The molecule has 0 bridgehead atoms. The van der Waals surface area contributed by atoms with Gasteiger partial charge >= 0.3 is 0 Å². The van der Waals surface area contributed by atoms with Crippen LogP contribution in [0, 0.1) is 0 Å². The predicted molar refractivity (Wildman–Crippen MR) is 52.2 cm³/mol. The van der Waals surface area contributed by atoms with Crippen molar-refractivity contribution in [3.63, 3.8) is 0 Å². The Kier molecular flexibility index (Phi) is 3.06. The van der Waals surface area contributed by atoms with Gasteiger partial charge in [-0.05, 0) is 13.8 Å². The van der Waals surface area contributed by atoms with Gasteiger partial charge in [0, 0.05) is 20.1 Å². The van der Waals surface area contributed by atoms with E-state index >= 15 is 0 Å². The van der Waals surface area contributed by atoms with Crippen molar-refractivity contribution >= 4 is 12.2 Å². The Labute approximate surface area is 78.2 Å². The highest BCUT2D eigenvalue weighted by Crippen LogP contribution is 2.11. The third-order valence-corrected chi connectivity index (χ3v) is 2.17. The van der Waals surface area contributed by atoms with Crippen LogP contribution in [0.1, 0.15) is 24.3 Å². The van der Waals surface area contributed by atoms with Gasteiger partial charge < -0.3 is 9.47 Å². The van der Waals surface area contributed by atoms with Gasteiger partial charge in [0.2, 0.25) is 5.95 Å². The fourth-order valence-electron chi connectivity index (χ4n) is 1.32. The highest BCUT2D eigenvalue weighted by molar-refractivity contribution is 5.72. The number of carbonyl (C=O) groups excluding carboxylic acids is 1. The zero-order valence-electron chi connectivity index (χ0n) is 8.32. The molecule has 1 aromatic heterocycles. The van der Waals surface area contributed by atoms with Gasteiger partial charge in [-0.15, -0.1) is 0 Å². The van der Waals surface area contributed by atoms with Crippen molar-refractivity contribution in [1.82, 2.24) is 9.55 Å². The SMILES string of the molecule is CCN(CC)c1ncc(C=O)n1C. The average Bonchev–Trinajstić information content (AvgIpc) is 2.50. The standard InChI is InChI=1S/C9H15N3O/c1-4-12(5-2)9-10-6-8(7-13)11(9)3/h6-7H,4-5H2,1-3H3. The Morgan fingerprint density at radius 2 is 2.15 bits per heavy atom. The second kappa shape index (κ2) is 4.07. The second-order valence-corrected chi connectivity index (χ2v) is 2.83. The minimum Gasteiger partial charge on any atom is -0.343 e. The normalized spacial score (nSPS) is 10.1. The first-order chi connectivity index (χ1) is 6.24. The number of rotatable bonds is 4. The Morgan fingerprint density at radius 3 is 2.54 bits per heavy atom. The number of aromatic nitrogens is 2. The van der Waals surface area contributed by atoms with Crippen LogP contribution >= 0.6 is 0 Å². The lowest BCUT2D eigenvalue weighted by Gasteiger charge is -2.19. The van der Waals surface area contributed by atoms with E-state index in [-0.39, 0.29) is 0 Å². The predicted octanol–water partition coefficient (Wildman–Crippen LogP) is 1.08. The molecule has 0 aliphatic rings. The summed E-state index contributed by atoms with van der Waals surface area (Å²) in [5.41, 5.74) is 0.613. The molecular weight excluding hydrogens is 166 g/mol. The number of hydrogen-bond donors (Lipinski definition) is 0. The number of anilines is 1. The first-order valence-corrected chi connectivity index (χ1v) is 4.46. The van der Waals surface area contributed by atoms with Gasteiger partial charge in [-0.3, -0.25) is 4.79 Å². The van der Waals surface area contributed by atoms with E-state index in [1.807, 2.05) is 7.05 Å². The number of nitrogens with zero attached hydrogens (tertiary/aromatic N) is 3. The number of carbonyl (C=O) groups is 1.